The molecule has 4 heteroatoms. The Labute approximate surface area is 147 Å². The van der Waals surface area contributed by atoms with Crippen molar-refractivity contribution in [1.29, 1.82) is 0 Å². The third kappa shape index (κ3) is 5.04. The molecule has 1 atom stereocenters. The molecule has 0 heterocycles. The molecule has 0 saturated heterocycles. The lowest BCUT2D eigenvalue weighted by molar-refractivity contribution is 0.525. The zero-order valence-electron chi connectivity index (χ0n) is 11.9. The minimum atomic E-state index is -0.198. The highest BCUT2D eigenvalue weighted by atomic mass is 127. The van der Waals surface area contributed by atoms with Crippen molar-refractivity contribution in [3.05, 3.63) is 67.5 Å². The standard InChI is InChI=1S/C17H18BrFIN/c1-2-7-21-17(15-5-3-4-6-16(15)20)10-12-8-13(18)11-14(19)9-12/h3-6,8-9,11,17,21H,2,7,10H2,1H3. The second-order valence-electron chi connectivity index (χ2n) is 5.01. The van der Waals surface area contributed by atoms with Gasteiger partial charge in [-0.1, -0.05) is 41.1 Å². The van der Waals surface area contributed by atoms with Crippen LogP contribution in [-0.2, 0) is 6.42 Å². The SMILES string of the molecule is CCCNC(Cc1cc(F)cc(Br)c1)c1ccccc1I. The van der Waals surface area contributed by atoms with Crippen molar-refractivity contribution in [2.24, 2.45) is 0 Å². The lowest BCUT2D eigenvalue weighted by atomic mass is 9.98. The van der Waals surface area contributed by atoms with E-state index in [0.29, 0.717) is 0 Å². The zero-order chi connectivity index (χ0) is 15.2. The molecular weight excluding hydrogens is 444 g/mol. The zero-order valence-corrected chi connectivity index (χ0v) is 15.6. The summed E-state index contributed by atoms with van der Waals surface area (Å²) in [5, 5.41) is 3.57. The molecule has 1 nitrogen and oxygen atoms in total. The summed E-state index contributed by atoms with van der Waals surface area (Å²) in [6.45, 7) is 3.10. The molecular formula is C17H18BrFIN. The van der Waals surface area contributed by atoms with Gasteiger partial charge in [-0.2, -0.15) is 0 Å². The summed E-state index contributed by atoms with van der Waals surface area (Å²) >= 11 is 5.72. The van der Waals surface area contributed by atoms with Gasteiger partial charge in [-0.05, 0) is 77.4 Å². The van der Waals surface area contributed by atoms with Crippen molar-refractivity contribution in [2.45, 2.75) is 25.8 Å². The van der Waals surface area contributed by atoms with E-state index in [4.69, 9.17) is 0 Å². The summed E-state index contributed by atoms with van der Waals surface area (Å²) in [6.07, 6.45) is 1.85. The molecule has 0 aliphatic heterocycles. The maximum absolute atomic E-state index is 13.6. The van der Waals surface area contributed by atoms with Crippen molar-refractivity contribution in [3.8, 4) is 0 Å². The van der Waals surface area contributed by atoms with Crippen LogP contribution in [0.4, 0.5) is 4.39 Å². The van der Waals surface area contributed by atoms with Crippen LogP contribution < -0.4 is 5.32 Å². The molecule has 1 unspecified atom stereocenters. The molecule has 0 saturated carbocycles. The van der Waals surface area contributed by atoms with Crippen LogP contribution in [0.15, 0.2) is 46.9 Å². The van der Waals surface area contributed by atoms with E-state index >= 15 is 0 Å². The van der Waals surface area contributed by atoms with Gasteiger partial charge in [-0.15, -0.1) is 0 Å². The molecule has 1 N–H and O–H groups in total. The minimum Gasteiger partial charge on any atom is -0.310 e. The summed E-state index contributed by atoms with van der Waals surface area (Å²) in [7, 11) is 0. The molecule has 0 amide bonds. The number of halogens is 3. The monoisotopic (exact) mass is 461 g/mol. The molecule has 0 aliphatic rings. The van der Waals surface area contributed by atoms with Gasteiger partial charge in [0.1, 0.15) is 5.82 Å². The summed E-state index contributed by atoms with van der Waals surface area (Å²) in [5.74, 6) is -0.198. The molecule has 2 aromatic carbocycles. The number of rotatable bonds is 6. The first-order chi connectivity index (χ1) is 10.1. The predicted octanol–water partition coefficient (Wildman–Crippen LogP) is 5.48. The fraction of sp³-hybridized carbons (Fsp3) is 0.294. The highest BCUT2D eigenvalue weighted by Crippen LogP contribution is 2.25. The molecule has 0 radical (unpaired) electrons. The average Bonchev–Trinajstić information content (AvgIpc) is 2.43. The van der Waals surface area contributed by atoms with E-state index in [0.717, 1.165) is 29.4 Å². The Morgan fingerprint density at radius 2 is 2.00 bits per heavy atom. The van der Waals surface area contributed by atoms with Crippen LogP contribution in [0.2, 0.25) is 0 Å². The van der Waals surface area contributed by atoms with Crippen molar-refractivity contribution in [2.75, 3.05) is 6.54 Å². The van der Waals surface area contributed by atoms with Crippen molar-refractivity contribution < 1.29 is 4.39 Å². The summed E-state index contributed by atoms with van der Waals surface area (Å²) in [4.78, 5) is 0. The van der Waals surface area contributed by atoms with E-state index in [1.54, 1.807) is 6.07 Å². The van der Waals surface area contributed by atoms with Gasteiger partial charge in [0.25, 0.3) is 0 Å². The van der Waals surface area contributed by atoms with E-state index in [2.05, 4.69) is 69.0 Å². The lowest BCUT2D eigenvalue weighted by Crippen LogP contribution is -2.25. The Hall–Kier alpha value is -0.460. The first-order valence-electron chi connectivity index (χ1n) is 7.03. The van der Waals surface area contributed by atoms with E-state index in [-0.39, 0.29) is 11.9 Å². The topological polar surface area (TPSA) is 12.0 Å². The summed E-state index contributed by atoms with van der Waals surface area (Å²) < 4.78 is 15.6. The van der Waals surface area contributed by atoms with Gasteiger partial charge < -0.3 is 5.32 Å². The lowest BCUT2D eigenvalue weighted by Gasteiger charge is -2.20. The maximum atomic E-state index is 13.6. The molecule has 2 aromatic rings. The first-order valence-corrected chi connectivity index (χ1v) is 8.90. The normalized spacial score (nSPS) is 12.4. The van der Waals surface area contributed by atoms with E-state index in [1.165, 1.54) is 15.2 Å². The smallest absolute Gasteiger partial charge is 0.124 e. The predicted molar refractivity (Wildman–Crippen MR) is 98.0 cm³/mol. The second kappa shape index (κ2) is 8.25. The Morgan fingerprint density at radius 3 is 2.67 bits per heavy atom. The molecule has 0 fully saturated rings. The van der Waals surface area contributed by atoms with Crippen LogP contribution in [0.1, 0.15) is 30.5 Å². The van der Waals surface area contributed by atoms with Crippen LogP contribution in [0.25, 0.3) is 0 Å². The molecule has 21 heavy (non-hydrogen) atoms. The quantitative estimate of drug-likeness (QED) is 0.562. The van der Waals surface area contributed by atoms with Crippen LogP contribution in [0, 0.1) is 9.39 Å². The van der Waals surface area contributed by atoms with Crippen LogP contribution >= 0.6 is 38.5 Å². The second-order valence-corrected chi connectivity index (χ2v) is 7.09. The van der Waals surface area contributed by atoms with E-state index < -0.39 is 0 Å². The van der Waals surface area contributed by atoms with E-state index in [9.17, 15) is 4.39 Å². The highest BCUT2D eigenvalue weighted by molar-refractivity contribution is 14.1. The van der Waals surface area contributed by atoms with Crippen LogP contribution in [0.5, 0.6) is 0 Å². The van der Waals surface area contributed by atoms with Gasteiger partial charge in [-0.3, -0.25) is 0 Å². The van der Waals surface area contributed by atoms with Crippen LogP contribution in [-0.4, -0.2) is 6.54 Å². The number of hydrogen-bond donors (Lipinski definition) is 1. The molecule has 0 bridgehead atoms. The summed E-state index contributed by atoms with van der Waals surface area (Å²) in [5.41, 5.74) is 2.27. The fourth-order valence-electron chi connectivity index (χ4n) is 2.33. The molecule has 112 valence electrons. The minimum absolute atomic E-state index is 0.198. The number of benzene rings is 2. The third-order valence-electron chi connectivity index (χ3n) is 3.28. The van der Waals surface area contributed by atoms with Crippen molar-refractivity contribution >= 4 is 38.5 Å². The Balaban J connectivity index is 2.26. The average molecular weight is 462 g/mol. The summed E-state index contributed by atoms with van der Waals surface area (Å²) in [6, 6.07) is 13.6. The first kappa shape index (κ1) is 16.9. The van der Waals surface area contributed by atoms with Gasteiger partial charge in [-0.25, -0.2) is 4.39 Å². The van der Waals surface area contributed by atoms with Crippen molar-refractivity contribution in [3.63, 3.8) is 0 Å². The van der Waals surface area contributed by atoms with Gasteiger partial charge in [0.2, 0.25) is 0 Å². The van der Waals surface area contributed by atoms with E-state index in [1.807, 2.05) is 12.1 Å². The van der Waals surface area contributed by atoms with Gasteiger partial charge in [0.15, 0.2) is 0 Å². The van der Waals surface area contributed by atoms with Crippen molar-refractivity contribution in [1.82, 2.24) is 5.32 Å². The largest absolute Gasteiger partial charge is 0.310 e. The molecule has 0 spiro atoms. The van der Waals surface area contributed by atoms with Gasteiger partial charge in [0.05, 0.1) is 0 Å². The maximum Gasteiger partial charge on any atom is 0.124 e. The number of hydrogen-bond acceptors (Lipinski definition) is 1. The third-order valence-corrected chi connectivity index (χ3v) is 4.72. The Kier molecular flexibility index (Phi) is 6.64. The van der Waals surface area contributed by atoms with Gasteiger partial charge in [0, 0.05) is 14.1 Å². The highest BCUT2D eigenvalue weighted by Gasteiger charge is 2.15. The molecule has 0 aromatic heterocycles. The van der Waals surface area contributed by atoms with Gasteiger partial charge >= 0.3 is 0 Å². The number of nitrogens with one attached hydrogen (secondary N) is 1. The molecule has 0 aliphatic carbocycles. The fourth-order valence-corrected chi connectivity index (χ4v) is 3.61. The van der Waals surface area contributed by atoms with Crippen LogP contribution in [0.3, 0.4) is 0 Å². The Morgan fingerprint density at radius 1 is 1.24 bits per heavy atom. The Bertz CT molecular complexity index is 583. The molecule has 2 rings (SSSR count).